The standard InChI is InChI=1S/C27H46N2O/c1-16-7-12-27(29-15-16)17(2)24-23(30-27)14-22-20-6-5-18-13-19(28)8-10-25(18,3)21(20)9-11-26(22,24)4/h16-24,29H,5-15,28H2,1-4H3/t16-,17-,18-,19-,20+,21-,22-,23-,24-,25-,26-,27-/m0/s1. The first-order chi connectivity index (χ1) is 14.3. The number of piperidine rings is 1. The van der Waals surface area contributed by atoms with Gasteiger partial charge in [-0.2, -0.15) is 0 Å². The van der Waals surface area contributed by atoms with Crippen molar-refractivity contribution in [2.75, 3.05) is 6.54 Å². The van der Waals surface area contributed by atoms with Gasteiger partial charge in [0.1, 0.15) is 5.72 Å². The molecule has 1 spiro atoms. The van der Waals surface area contributed by atoms with Crippen molar-refractivity contribution in [3.05, 3.63) is 0 Å². The Labute approximate surface area is 184 Å². The molecule has 0 unspecified atom stereocenters. The first-order valence-corrected chi connectivity index (χ1v) is 13.5. The zero-order valence-corrected chi connectivity index (χ0v) is 20.0. The van der Waals surface area contributed by atoms with Gasteiger partial charge in [0.15, 0.2) is 0 Å². The van der Waals surface area contributed by atoms with Crippen LogP contribution >= 0.6 is 0 Å². The molecule has 3 heteroatoms. The molecular weight excluding hydrogens is 368 g/mol. The first kappa shape index (κ1) is 20.5. The van der Waals surface area contributed by atoms with Crippen LogP contribution < -0.4 is 11.1 Å². The molecule has 0 aromatic carbocycles. The third-order valence-electron chi connectivity index (χ3n) is 12.2. The predicted octanol–water partition coefficient (Wildman–Crippen LogP) is 5.33. The summed E-state index contributed by atoms with van der Waals surface area (Å²) >= 11 is 0. The van der Waals surface area contributed by atoms with Crippen LogP contribution in [-0.2, 0) is 4.74 Å². The van der Waals surface area contributed by atoms with E-state index in [-0.39, 0.29) is 5.72 Å². The van der Waals surface area contributed by atoms with Crippen molar-refractivity contribution in [3.8, 4) is 0 Å². The summed E-state index contributed by atoms with van der Waals surface area (Å²) in [6.45, 7) is 11.4. The van der Waals surface area contributed by atoms with Crippen molar-refractivity contribution in [2.24, 2.45) is 58.0 Å². The van der Waals surface area contributed by atoms with Crippen molar-refractivity contribution in [1.82, 2.24) is 5.32 Å². The average molecular weight is 415 g/mol. The van der Waals surface area contributed by atoms with Crippen molar-refractivity contribution in [2.45, 2.75) is 110 Å². The lowest BCUT2D eigenvalue weighted by atomic mass is 9.44. The Morgan fingerprint density at radius 1 is 0.867 bits per heavy atom. The fourth-order valence-corrected chi connectivity index (χ4v) is 10.5. The summed E-state index contributed by atoms with van der Waals surface area (Å²) in [5.41, 5.74) is 7.44. The normalized spacial score (nSPS) is 62.5. The van der Waals surface area contributed by atoms with Crippen molar-refractivity contribution in [3.63, 3.8) is 0 Å². The Hall–Kier alpha value is -0.120. The van der Waals surface area contributed by atoms with Gasteiger partial charge in [0.05, 0.1) is 6.10 Å². The van der Waals surface area contributed by atoms with Gasteiger partial charge < -0.3 is 10.5 Å². The minimum absolute atomic E-state index is 0.0180. The Kier molecular flexibility index (Phi) is 4.58. The third-order valence-corrected chi connectivity index (χ3v) is 12.2. The van der Waals surface area contributed by atoms with Gasteiger partial charge in [0.2, 0.25) is 0 Å². The van der Waals surface area contributed by atoms with Gasteiger partial charge in [-0.1, -0.05) is 27.7 Å². The highest BCUT2D eigenvalue weighted by atomic mass is 16.5. The van der Waals surface area contributed by atoms with E-state index in [1.54, 1.807) is 0 Å². The van der Waals surface area contributed by atoms with Crippen LogP contribution in [0.2, 0.25) is 0 Å². The van der Waals surface area contributed by atoms with Gasteiger partial charge in [-0.25, -0.2) is 0 Å². The Balaban J connectivity index is 1.26. The Morgan fingerprint density at radius 2 is 1.67 bits per heavy atom. The van der Waals surface area contributed by atoms with Gasteiger partial charge in [0.25, 0.3) is 0 Å². The van der Waals surface area contributed by atoms with Crippen molar-refractivity contribution >= 4 is 0 Å². The summed E-state index contributed by atoms with van der Waals surface area (Å²) in [5.74, 6) is 5.87. The van der Waals surface area contributed by atoms with Gasteiger partial charge in [-0.05, 0) is 111 Å². The van der Waals surface area contributed by atoms with E-state index in [0.29, 0.717) is 28.9 Å². The predicted molar refractivity (Wildman–Crippen MR) is 122 cm³/mol. The molecule has 0 amide bonds. The summed E-state index contributed by atoms with van der Waals surface area (Å²) in [7, 11) is 0. The van der Waals surface area contributed by atoms with Crippen LogP contribution in [0.5, 0.6) is 0 Å². The highest BCUT2D eigenvalue weighted by Crippen LogP contribution is 2.70. The van der Waals surface area contributed by atoms with E-state index in [1.165, 1.54) is 64.2 Å². The number of nitrogens with two attached hydrogens (primary N) is 1. The topological polar surface area (TPSA) is 47.3 Å². The molecule has 4 saturated carbocycles. The van der Waals surface area contributed by atoms with E-state index in [2.05, 4.69) is 33.0 Å². The monoisotopic (exact) mass is 414 g/mol. The van der Waals surface area contributed by atoms with Gasteiger partial charge in [-0.3, -0.25) is 5.32 Å². The summed E-state index contributed by atoms with van der Waals surface area (Å²) in [6, 6.07) is 0.468. The molecule has 2 aliphatic heterocycles. The fourth-order valence-electron chi connectivity index (χ4n) is 10.5. The van der Waals surface area contributed by atoms with E-state index >= 15 is 0 Å². The molecule has 3 N–H and O–H groups in total. The summed E-state index contributed by atoms with van der Waals surface area (Å²) < 4.78 is 7.03. The van der Waals surface area contributed by atoms with Crippen LogP contribution in [0.1, 0.15) is 91.9 Å². The third kappa shape index (κ3) is 2.61. The highest BCUT2D eigenvalue weighted by molar-refractivity contribution is 5.16. The van der Waals surface area contributed by atoms with E-state index in [0.717, 1.165) is 42.1 Å². The van der Waals surface area contributed by atoms with E-state index in [1.807, 2.05) is 0 Å². The number of hydrogen-bond acceptors (Lipinski definition) is 3. The van der Waals surface area contributed by atoms with Crippen LogP contribution in [0.3, 0.4) is 0 Å². The van der Waals surface area contributed by atoms with Crippen LogP contribution in [0, 0.1) is 52.3 Å². The molecule has 2 heterocycles. The van der Waals surface area contributed by atoms with E-state index < -0.39 is 0 Å². The second-order valence-corrected chi connectivity index (χ2v) is 13.4. The van der Waals surface area contributed by atoms with E-state index in [4.69, 9.17) is 10.5 Å². The molecule has 170 valence electrons. The molecular formula is C27H46N2O. The highest BCUT2D eigenvalue weighted by Gasteiger charge is 2.68. The second-order valence-electron chi connectivity index (χ2n) is 13.4. The number of hydrogen-bond donors (Lipinski definition) is 2. The lowest BCUT2D eigenvalue weighted by Crippen LogP contribution is -2.57. The van der Waals surface area contributed by atoms with Crippen LogP contribution in [0.15, 0.2) is 0 Å². The maximum atomic E-state index is 7.03. The summed E-state index contributed by atoms with van der Waals surface area (Å²) in [6.07, 6.45) is 14.1. The van der Waals surface area contributed by atoms with Crippen LogP contribution in [0.25, 0.3) is 0 Å². The minimum atomic E-state index is -0.0180. The SMILES string of the molecule is C[C@H]1CC[C@]2(NC1)O[C@H]1C[C@H]3[C@@H]4CC[C@H]5C[C@@H](N)CC[C@]5(C)[C@H]4CC[C@]3(C)[C@H]1[C@@H]2C. The molecule has 2 saturated heterocycles. The lowest BCUT2D eigenvalue weighted by molar-refractivity contribution is -0.133. The largest absolute Gasteiger partial charge is 0.357 e. The molecule has 4 aliphatic carbocycles. The second kappa shape index (κ2) is 6.70. The smallest absolute Gasteiger partial charge is 0.122 e. The molecule has 0 radical (unpaired) electrons. The van der Waals surface area contributed by atoms with Gasteiger partial charge in [0, 0.05) is 18.5 Å². The fraction of sp³-hybridized carbons (Fsp3) is 1.00. The average Bonchev–Trinajstić information content (AvgIpc) is 3.16. The molecule has 0 aromatic rings. The van der Waals surface area contributed by atoms with E-state index in [9.17, 15) is 0 Å². The Bertz CT molecular complexity index is 686. The summed E-state index contributed by atoms with van der Waals surface area (Å²) in [5, 5.41) is 3.90. The quantitative estimate of drug-likeness (QED) is 0.563. The summed E-state index contributed by atoms with van der Waals surface area (Å²) in [4.78, 5) is 0. The zero-order valence-electron chi connectivity index (χ0n) is 20.0. The van der Waals surface area contributed by atoms with Crippen LogP contribution in [-0.4, -0.2) is 24.4 Å². The minimum Gasteiger partial charge on any atom is -0.357 e. The molecule has 6 fully saturated rings. The Morgan fingerprint density at radius 3 is 2.43 bits per heavy atom. The molecule has 12 atom stereocenters. The molecule has 0 aromatic heterocycles. The van der Waals surface area contributed by atoms with Crippen molar-refractivity contribution in [1.29, 1.82) is 0 Å². The molecule has 6 aliphatic rings. The van der Waals surface area contributed by atoms with Gasteiger partial charge >= 0.3 is 0 Å². The molecule has 3 nitrogen and oxygen atoms in total. The number of fused-ring (bicyclic) bond motifs is 7. The molecule has 0 bridgehead atoms. The lowest BCUT2D eigenvalue weighted by Gasteiger charge is -2.61. The number of nitrogens with one attached hydrogen (secondary N) is 1. The number of ether oxygens (including phenoxy) is 1. The zero-order chi connectivity index (χ0) is 20.9. The molecule has 30 heavy (non-hydrogen) atoms. The maximum Gasteiger partial charge on any atom is 0.122 e. The maximum absolute atomic E-state index is 7.03. The van der Waals surface area contributed by atoms with Crippen LogP contribution in [0.4, 0.5) is 0 Å². The number of rotatable bonds is 0. The molecule has 6 rings (SSSR count). The van der Waals surface area contributed by atoms with Gasteiger partial charge in [-0.15, -0.1) is 0 Å². The first-order valence-electron chi connectivity index (χ1n) is 13.5. The van der Waals surface area contributed by atoms with Crippen molar-refractivity contribution < 1.29 is 4.74 Å².